The van der Waals surface area contributed by atoms with Crippen LogP contribution < -0.4 is 0 Å². The van der Waals surface area contributed by atoms with Crippen molar-refractivity contribution in [1.82, 2.24) is 0 Å². The van der Waals surface area contributed by atoms with Crippen LogP contribution in [0.25, 0.3) is 0 Å². The normalized spacial score (nSPS) is 12.4. The number of aromatic carboxylic acids is 1. The van der Waals surface area contributed by atoms with Crippen LogP contribution in [0.3, 0.4) is 0 Å². The third kappa shape index (κ3) is 2.52. The molecule has 4 nitrogen and oxygen atoms in total. The van der Waals surface area contributed by atoms with E-state index in [1.807, 2.05) is 0 Å². The number of aliphatic hydroxyl groups excluding tert-OH is 1. The Bertz CT molecular complexity index is 573. The van der Waals surface area contributed by atoms with Crippen molar-refractivity contribution in [2.45, 2.75) is 6.10 Å². The van der Waals surface area contributed by atoms with E-state index in [4.69, 9.17) is 21.1 Å². The Morgan fingerprint density at radius 2 is 2.06 bits per heavy atom. The number of rotatable bonds is 3. The summed E-state index contributed by atoms with van der Waals surface area (Å²) in [6, 6.07) is 6.09. The molecule has 2 rings (SSSR count). The Kier molecular flexibility index (Phi) is 3.36. The van der Waals surface area contributed by atoms with E-state index in [-0.39, 0.29) is 22.1 Å². The first-order valence-electron chi connectivity index (χ1n) is 4.94. The molecule has 0 radical (unpaired) electrons. The molecular formula is C12H8ClFO4. The molecule has 0 fully saturated rings. The Morgan fingerprint density at radius 1 is 1.33 bits per heavy atom. The maximum absolute atomic E-state index is 13.1. The zero-order chi connectivity index (χ0) is 13.3. The highest BCUT2D eigenvalue weighted by atomic mass is 35.5. The van der Waals surface area contributed by atoms with Gasteiger partial charge in [-0.2, -0.15) is 0 Å². The van der Waals surface area contributed by atoms with Crippen molar-refractivity contribution >= 4 is 17.6 Å². The van der Waals surface area contributed by atoms with Crippen molar-refractivity contribution in [2.24, 2.45) is 0 Å². The van der Waals surface area contributed by atoms with Crippen LogP contribution in [0.2, 0.25) is 5.02 Å². The monoisotopic (exact) mass is 270 g/mol. The summed E-state index contributed by atoms with van der Waals surface area (Å²) in [5, 5.41) is 18.7. The van der Waals surface area contributed by atoms with Gasteiger partial charge in [0, 0.05) is 5.02 Å². The Hall–Kier alpha value is -1.85. The first-order chi connectivity index (χ1) is 8.47. The van der Waals surface area contributed by atoms with Crippen molar-refractivity contribution < 1.29 is 23.8 Å². The molecule has 0 saturated heterocycles. The fraction of sp³-hybridized carbons (Fsp3) is 0.0833. The van der Waals surface area contributed by atoms with E-state index < -0.39 is 17.9 Å². The van der Waals surface area contributed by atoms with Crippen molar-refractivity contribution in [3.05, 3.63) is 58.3 Å². The van der Waals surface area contributed by atoms with Gasteiger partial charge >= 0.3 is 5.97 Å². The second kappa shape index (κ2) is 4.80. The molecule has 1 atom stereocenters. The second-order valence-electron chi connectivity index (χ2n) is 3.61. The van der Waals surface area contributed by atoms with Gasteiger partial charge in [-0.1, -0.05) is 11.6 Å². The summed E-state index contributed by atoms with van der Waals surface area (Å²) in [5.41, 5.74) is 0.186. The largest absolute Gasteiger partial charge is 0.475 e. The molecule has 1 unspecified atom stereocenters. The number of carboxylic acids is 1. The molecule has 94 valence electrons. The van der Waals surface area contributed by atoms with Crippen LogP contribution in [0.15, 0.2) is 34.7 Å². The molecule has 1 aromatic heterocycles. The molecule has 0 aliphatic heterocycles. The fourth-order valence-electron chi connectivity index (χ4n) is 1.51. The van der Waals surface area contributed by atoms with Crippen LogP contribution in [0.4, 0.5) is 4.39 Å². The van der Waals surface area contributed by atoms with Crippen molar-refractivity contribution in [3.8, 4) is 0 Å². The van der Waals surface area contributed by atoms with Gasteiger partial charge in [0.25, 0.3) is 0 Å². The number of carbonyl (C=O) groups is 1. The van der Waals surface area contributed by atoms with Gasteiger partial charge in [-0.3, -0.25) is 0 Å². The molecule has 0 aliphatic carbocycles. The molecular weight excluding hydrogens is 263 g/mol. The lowest BCUT2D eigenvalue weighted by atomic mass is 10.1. The molecule has 18 heavy (non-hydrogen) atoms. The van der Waals surface area contributed by atoms with E-state index in [2.05, 4.69) is 0 Å². The number of halogens is 2. The molecule has 6 heteroatoms. The van der Waals surface area contributed by atoms with E-state index in [0.29, 0.717) is 0 Å². The van der Waals surface area contributed by atoms with Gasteiger partial charge in [0.15, 0.2) is 0 Å². The molecule has 1 aromatic carbocycles. The zero-order valence-electron chi connectivity index (χ0n) is 8.93. The summed E-state index contributed by atoms with van der Waals surface area (Å²) >= 11 is 5.66. The van der Waals surface area contributed by atoms with Crippen molar-refractivity contribution in [2.75, 3.05) is 0 Å². The van der Waals surface area contributed by atoms with Gasteiger partial charge in [-0.05, 0) is 35.9 Å². The Morgan fingerprint density at radius 3 is 2.61 bits per heavy atom. The van der Waals surface area contributed by atoms with Gasteiger partial charge in [0.05, 0.1) is 0 Å². The van der Waals surface area contributed by atoms with Crippen LogP contribution >= 0.6 is 11.6 Å². The Labute approximate surface area is 106 Å². The van der Waals surface area contributed by atoms with Crippen LogP contribution in [0.1, 0.15) is 28.0 Å². The molecule has 0 bridgehead atoms. The van der Waals surface area contributed by atoms with E-state index in [9.17, 15) is 14.3 Å². The predicted octanol–water partition coefficient (Wildman–Crippen LogP) is 2.85. The third-order valence-electron chi connectivity index (χ3n) is 2.31. The van der Waals surface area contributed by atoms with Crippen LogP contribution in [0.5, 0.6) is 0 Å². The molecule has 2 N–H and O–H groups in total. The fourth-order valence-corrected chi connectivity index (χ4v) is 1.74. The average molecular weight is 271 g/mol. The molecule has 0 spiro atoms. The Balaban J connectivity index is 2.34. The summed E-state index contributed by atoms with van der Waals surface area (Å²) in [6.07, 6.45) is -1.27. The van der Waals surface area contributed by atoms with Gasteiger partial charge in [0.1, 0.15) is 17.7 Å². The minimum atomic E-state index is -1.27. The summed E-state index contributed by atoms with van der Waals surface area (Å²) < 4.78 is 18.0. The molecule has 0 amide bonds. The van der Waals surface area contributed by atoms with Crippen molar-refractivity contribution in [1.29, 1.82) is 0 Å². The highest BCUT2D eigenvalue weighted by Gasteiger charge is 2.18. The van der Waals surface area contributed by atoms with Gasteiger partial charge in [-0.25, -0.2) is 9.18 Å². The maximum Gasteiger partial charge on any atom is 0.371 e. The SMILES string of the molecule is O=C(O)c1ccc(C(O)c2cc(F)cc(Cl)c2)o1. The molecule has 1 heterocycles. The molecule has 2 aromatic rings. The average Bonchev–Trinajstić information content (AvgIpc) is 2.75. The van der Waals surface area contributed by atoms with E-state index >= 15 is 0 Å². The predicted molar refractivity (Wildman–Crippen MR) is 61.1 cm³/mol. The lowest BCUT2D eigenvalue weighted by Gasteiger charge is -2.08. The summed E-state index contributed by atoms with van der Waals surface area (Å²) in [7, 11) is 0. The zero-order valence-corrected chi connectivity index (χ0v) is 9.69. The summed E-state index contributed by atoms with van der Waals surface area (Å²) in [5.74, 6) is -2.13. The number of hydrogen-bond donors (Lipinski definition) is 2. The standard InChI is InChI=1S/C12H8ClFO4/c13-7-3-6(4-8(14)5-7)11(15)9-1-2-10(18-9)12(16)17/h1-5,11,15H,(H,16,17). The number of aliphatic hydroxyl groups is 1. The lowest BCUT2D eigenvalue weighted by Crippen LogP contribution is -1.99. The molecule has 0 saturated carbocycles. The topological polar surface area (TPSA) is 70.7 Å². The lowest BCUT2D eigenvalue weighted by molar-refractivity contribution is 0.0655. The highest BCUT2D eigenvalue weighted by Crippen LogP contribution is 2.26. The third-order valence-corrected chi connectivity index (χ3v) is 2.53. The maximum atomic E-state index is 13.1. The van der Waals surface area contributed by atoms with Gasteiger partial charge < -0.3 is 14.6 Å². The smallest absolute Gasteiger partial charge is 0.371 e. The van der Waals surface area contributed by atoms with Crippen molar-refractivity contribution in [3.63, 3.8) is 0 Å². The van der Waals surface area contributed by atoms with Gasteiger partial charge in [0.2, 0.25) is 5.76 Å². The van der Waals surface area contributed by atoms with E-state index in [0.717, 1.165) is 12.1 Å². The second-order valence-corrected chi connectivity index (χ2v) is 4.05. The number of hydrogen-bond acceptors (Lipinski definition) is 3. The molecule has 0 aliphatic rings. The first-order valence-corrected chi connectivity index (χ1v) is 5.32. The van der Waals surface area contributed by atoms with Crippen LogP contribution in [0, 0.1) is 5.82 Å². The van der Waals surface area contributed by atoms with Crippen LogP contribution in [-0.2, 0) is 0 Å². The number of carboxylic acid groups (broad SMARTS) is 1. The number of benzene rings is 1. The minimum absolute atomic E-state index is 0.00840. The minimum Gasteiger partial charge on any atom is -0.475 e. The van der Waals surface area contributed by atoms with Crippen LogP contribution in [-0.4, -0.2) is 16.2 Å². The highest BCUT2D eigenvalue weighted by molar-refractivity contribution is 6.30. The van der Waals surface area contributed by atoms with Gasteiger partial charge in [-0.15, -0.1) is 0 Å². The van der Waals surface area contributed by atoms with E-state index in [1.54, 1.807) is 0 Å². The van der Waals surface area contributed by atoms with E-state index in [1.165, 1.54) is 18.2 Å². The summed E-state index contributed by atoms with van der Waals surface area (Å²) in [4.78, 5) is 10.6. The number of furan rings is 1. The first kappa shape index (κ1) is 12.6. The summed E-state index contributed by atoms with van der Waals surface area (Å²) in [6.45, 7) is 0. The quantitative estimate of drug-likeness (QED) is 0.900.